The number of nitrogens with one attached hydrogen (secondary N) is 1. The Hall–Kier alpha value is -1.90. The van der Waals surface area contributed by atoms with Crippen molar-refractivity contribution in [2.75, 3.05) is 0 Å². The van der Waals surface area contributed by atoms with E-state index in [1.807, 2.05) is 37.3 Å². The van der Waals surface area contributed by atoms with E-state index >= 15 is 0 Å². The number of Topliss-reactive ketones (excluding diaryl/α,β-unsaturated/α-hetero) is 1. The maximum absolute atomic E-state index is 11.9. The third-order valence-electron chi connectivity index (χ3n) is 2.46. The van der Waals surface area contributed by atoms with Crippen molar-refractivity contribution in [3.8, 4) is 0 Å². The molecule has 1 unspecified atom stereocenters. The summed E-state index contributed by atoms with van der Waals surface area (Å²) in [6.07, 6.45) is 1.59. The first-order valence-corrected chi connectivity index (χ1v) is 4.87. The molecule has 3 heteroatoms. The summed E-state index contributed by atoms with van der Waals surface area (Å²) >= 11 is 0. The molecule has 0 spiro atoms. The summed E-state index contributed by atoms with van der Waals surface area (Å²) in [6, 6.07) is 11.4. The van der Waals surface area contributed by atoms with Gasteiger partial charge in [0.1, 0.15) is 5.69 Å². The standard InChI is InChI=1S/C12H12N2O/c1-9(10-5-3-2-4-6-10)12(15)11-7-8-13-14-11/h2-9H,1H3,(H,13,14). The first kappa shape index (κ1) is 9.65. The summed E-state index contributed by atoms with van der Waals surface area (Å²) < 4.78 is 0. The molecule has 1 atom stereocenters. The van der Waals surface area contributed by atoms with Crippen molar-refractivity contribution in [3.63, 3.8) is 0 Å². The molecule has 0 saturated carbocycles. The largest absolute Gasteiger partial charge is 0.292 e. The molecule has 1 N–H and O–H groups in total. The van der Waals surface area contributed by atoms with Crippen molar-refractivity contribution in [3.05, 3.63) is 53.9 Å². The monoisotopic (exact) mass is 200 g/mol. The lowest BCUT2D eigenvalue weighted by Gasteiger charge is -2.08. The smallest absolute Gasteiger partial charge is 0.187 e. The van der Waals surface area contributed by atoms with Crippen molar-refractivity contribution in [1.29, 1.82) is 0 Å². The summed E-state index contributed by atoms with van der Waals surface area (Å²) in [6.45, 7) is 1.90. The summed E-state index contributed by atoms with van der Waals surface area (Å²) in [5.41, 5.74) is 1.59. The van der Waals surface area contributed by atoms with Crippen LogP contribution in [0.2, 0.25) is 0 Å². The Morgan fingerprint density at radius 3 is 2.60 bits per heavy atom. The molecule has 2 aromatic rings. The van der Waals surface area contributed by atoms with Crippen molar-refractivity contribution in [2.45, 2.75) is 12.8 Å². The Bertz CT molecular complexity index is 434. The third-order valence-corrected chi connectivity index (χ3v) is 2.46. The predicted molar refractivity (Wildman–Crippen MR) is 57.8 cm³/mol. The number of hydrogen-bond acceptors (Lipinski definition) is 2. The molecule has 1 aromatic heterocycles. The number of rotatable bonds is 3. The van der Waals surface area contributed by atoms with E-state index in [1.165, 1.54) is 0 Å². The van der Waals surface area contributed by atoms with Crippen LogP contribution < -0.4 is 0 Å². The lowest BCUT2D eigenvalue weighted by molar-refractivity contribution is 0.0961. The second kappa shape index (κ2) is 4.09. The molecule has 76 valence electrons. The van der Waals surface area contributed by atoms with Crippen molar-refractivity contribution >= 4 is 5.78 Å². The van der Waals surface area contributed by atoms with Gasteiger partial charge in [-0.2, -0.15) is 5.10 Å². The van der Waals surface area contributed by atoms with Gasteiger partial charge in [0, 0.05) is 12.1 Å². The fourth-order valence-electron chi connectivity index (χ4n) is 1.52. The molecule has 15 heavy (non-hydrogen) atoms. The average Bonchev–Trinajstić information content (AvgIpc) is 2.82. The van der Waals surface area contributed by atoms with Gasteiger partial charge in [-0.15, -0.1) is 0 Å². The minimum Gasteiger partial charge on any atom is -0.292 e. The van der Waals surface area contributed by atoms with Crippen LogP contribution in [0.1, 0.15) is 28.9 Å². The number of hydrogen-bond donors (Lipinski definition) is 1. The van der Waals surface area contributed by atoms with Gasteiger partial charge in [0.15, 0.2) is 5.78 Å². The van der Waals surface area contributed by atoms with Crippen LogP contribution in [0.15, 0.2) is 42.6 Å². The van der Waals surface area contributed by atoms with Gasteiger partial charge in [0.25, 0.3) is 0 Å². The molecule has 0 saturated heterocycles. The van der Waals surface area contributed by atoms with Gasteiger partial charge >= 0.3 is 0 Å². The lowest BCUT2D eigenvalue weighted by atomic mass is 9.95. The first-order chi connectivity index (χ1) is 7.29. The molecule has 0 aliphatic heterocycles. The third kappa shape index (κ3) is 1.96. The molecule has 0 bridgehead atoms. The highest BCUT2D eigenvalue weighted by molar-refractivity contribution is 5.98. The second-order valence-corrected chi connectivity index (χ2v) is 3.47. The molecular formula is C12H12N2O. The number of benzene rings is 1. The van der Waals surface area contributed by atoms with Crippen molar-refractivity contribution in [1.82, 2.24) is 10.2 Å². The highest BCUT2D eigenvalue weighted by Crippen LogP contribution is 2.18. The number of carbonyl (C=O) groups is 1. The van der Waals surface area contributed by atoms with Gasteiger partial charge in [-0.25, -0.2) is 0 Å². The van der Waals surface area contributed by atoms with Gasteiger partial charge < -0.3 is 0 Å². The van der Waals surface area contributed by atoms with Crippen LogP contribution >= 0.6 is 0 Å². The zero-order valence-corrected chi connectivity index (χ0v) is 8.47. The maximum Gasteiger partial charge on any atom is 0.187 e. The first-order valence-electron chi connectivity index (χ1n) is 4.87. The van der Waals surface area contributed by atoms with Gasteiger partial charge in [-0.05, 0) is 11.6 Å². The predicted octanol–water partition coefficient (Wildman–Crippen LogP) is 2.40. The molecule has 2 rings (SSSR count). The van der Waals surface area contributed by atoms with Crippen molar-refractivity contribution < 1.29 is 4.79 Å². The van der Waals surface area contributed by atoms with Crippen LogP contribution in [0.25, 0.3) is 0 Å². The lowest BCUT2D eigenvalue weighted by Crippen LogP contribution is -2.09. The molecular weight excluding hydrogens is 188 g/mol. The molecule has 0 fully saturated rings. The van der Waals surface area contributed by atoms with E-state index in [2.05, 4.69) is 10.2 Å². The topological polar surface area (TPSA) is 45.8 Å². The molecule has 1 aromatic carbocycles. The number of aromatic amines is 1. The fourth-order valence-corrected chi connectivity index (χ4v) is 1.52. The van der Waals surface area contributed by atoms with E-state index in [4.69, 9.17) is 0 Å². The van der Waals surface area contributed by atoms with Gasteiger partial charge in [-0.1, -0.05) is 37.3 Å². The summed E-state index contributed by atoms with van der Waals surface area (Å²) in [5, 5.41) is 6.46. The number of H-pyrrole nitrogens is 1. The van der Waals surface area contributed by atoms with Crippen LogP contribution in [0.3, 0.4) is 0 Å². The van der Waals surface area contributed by atoms with Crippen LogP contribution in [-0.2, 0) is 0 Å². The zero-order chi connectivity index (χ0) is 10.7. The Morgan fingerprint density at radius 2 is 2.00 bits per heavy atom. The van der Waals surface area contributed by atoms with E-state index < -0.39 is 0 Å². The molecule has 3 nitrogen and oxygen atoms in total. The van der Waals surface area contributed by atoms with Gasteiger partial charge in [0.2, 0.25) is 0 Å². The van der Waals surface area contributed by atoms with Crippen LogP contribution in [0, 0.1) is 0 Å². The van der Waals surface area contributed by atoms with E-state index in [1.54, 1.807) is 12.3 Å². The SMILES string of the molecule is CC(C(=O)c1ccn[nH]1)c1ccccc1. The Labute approximate surface area is 88.1 Å². The molecule has 0 aliphatic carbocycles. The Balaban J connectivity index is 2.23. The van der Waals surface area contributed by atoms with Gasteiger partial charge in [-0.3, -0.25) is 9.89 Å². The molecule has 0 amide bonds. The fraction of sp³-hybridized carbons (Fsp3) is 0.167. The highest BCUT2D eigenvalue weighted by atomic mass is 16.1. The number of nitrogens with zero attached hydrogens (tertiary/aromatic N) is 1. The van der Waals surface area contributed by atoms with Crippen molar-refractivity contribution in [2.24, 2.45) is 0 Å². The Kier molecular flexibility index (Phi) is 2.63. The Morgan fingerprint density at radius 1 is 1.27 bits per heavy atom. The summed E-state index contributed by atoms with van der Waals surface area (Å²) in [5.74, 6) is -0.0645. The van der Waals surface area contributed by atoms with Gasteiger partial charge in [0.05, 0.1) is 0 Å². The van der Waals surface area contributed by atoms with E-state index in [0.29, 0.717) is 5.69 Å². The normalized spacial score (nSPS) is 12.3. The number of carbonyl (C=O) groups excluding carboxylic acids is 1. The summed E-state index contributed by atoms with van der Waals surface area (Å²) in [4.78, 5) is 11.9. The zero-order valence-electron chi connectivity index (χ0n) is 8.47. The van der Waals surface area contributed by atoms with E-state index in [0.717, 1.165) is 5.56 Å². The van der Waals surface area contributed by atoms with E-state index in [9.17, 15) is 4.79 Å². The minimum absolute atomic E-state index is 0.0682. The quantitative estimate of drug-likeness (QED) is 0.773. The van der Waals surface area contributed by atoms with Crippen LogP contribution in [0.5, 0.6) is 0 Å². The summed E-state index contributed by atoms with van der Waals surface area (Å²) in [7, 11) is 0. The highest BCUT2D eigenvalue weighted by Gasteiger charge is 2.17. The number of ketones is 1. The second-order valence-electron chi connectivity index (χ2n) is 3.47. The van der Waals surface area contributed by atoms with Crippen LogP contribution in [-0.4, -0.2) is 16.0 Å². The molecule has 1 heterocycles. The van der Waals surface area contributed by atoms with E-state index in [-0.39, 0.29) is 11.7 Å². The number of aromatic nitrogens is 2. The van der Waals surface area contributed by atoms with Crippen LogP contribution in [0.4, 0.5) is 0 Å². The molecule has 0 radical (unpaired) electrons. The maximum atomic E-state index is 11.9. The minimum atomic E-state index is -0.133. The molecule has 0 aliphatic rings. The average molecular weight is 200 g/mol.